The van der Waals surface area contributed by atoms with Crippen molar-refractivity contribution in [3.63, 3.8) is 0 Å². The van der Waals surface area contributed by atoms with Gasteiger partial charge in [0, 0.05) is 24.9 Å². The highest BCUT2D eigenvalue weighted by Crippen LogP contribution is 2.33. The topological polar surface area (TPSA) is 47.0 Å². The largest absolute Gasteiger partial charge is 0.485 e. The summed E-state index contributed by atoms with van der Waals surface area (Å²) in [7, 11) is 0. The first-order chi connectivity index (χ1) is 12.8. The van der Waals surface area contributed by atoms with Crippen LogP contribution in [-0.4, -0.2) is 23.1 Å². The van der Waals surface area contributed by atoms with Crippen LogP contribution in [0.3, 0.4) is 0 Å². The second-order valence-corrected chi connectivity index (χ2v) is 6.71. The third kappa shape index (κ3) is 3.60. The van der Waals surface area contributed by atoms with Crippen LogP contribution < -0.4 is 10.1 Å². The van der Waals surface area contributed by atoms with Gasteiger partial charge in [0.05, 0.1) is 11.4 Å². The van der Waals surface area contributed by atoms with E-state index in [4.69, 9.17) is 4.74 Å². The van der Waals surface area contributed by atoms with Crippen LogP contribution in [0, 0.1) is 6.92 Å². The third-order valence-corrected chi connectivity index (χ3v) is 4.83. The van der Waals surface area contributed by atoms with E-state index >= 15 is 0 Å². The molecule has 0 aliphatic carbocycles. The van der Waals surface area contributed by atoms with Crippen molar-refractivity contribution in [2.45, 2.75) is 25.9 Å². The van der Waals surface area contributed by atoms with E-state index in [0.29, 0.717) is 6.61 Å². The molecule has 0 fully saturated rings. The Balaban J connectivity index is 1.63. The maximum Gasteiger partial charge on any atom is 0.142 e. The first kappa shape index (κ1) is 16.7. The molecule has 1 unspecified atom stereocenters. The van der Waals surface area contributed by atoms with Crippen molar-refractivity contribution >= 4 is 0 Å². The highest BCUT2D eigenvalue weighted by atomic mass is 16.5. The van der Waals surface area contributed by atoms with Gasteiger partial charge < -0.3 is 10.1 Å². The molecule has 0 saturated carbocycles. The molecule has 0 radical (unpaired) electrons. The summed E-state index contributed by atoms with van der Waals surface area (Å²) >= 11 is 0. The smallest absolute Gasteiger partial charge is 0.142 e. The summed E-state index contributed by atoms with van der Waals surface area (Å²) in [5.41, 5.74) is 5.84. The van der Waals surface area contributed by atoms with Gasteiger partial charge in [0.25, 0.3) is 0 Å². The fraction of sp³-hybridized carbons (Fsp3) is 0.273. The minimum Gasteiger partial charge on any atom is -0.485 e. The second-order valence-electron chi connectivity index (χ2n) is 6.71. The van der Waals surface area contributed by atoms with Crippen LogP contribution >= 0.6 is 0 Å². The minimum absolute atomic E-state index is 0.190. The van der Waals surface area contributed by atoms with Gasteiger partial charge in [0.2, 0.25) is 0 Å². The molecule has 0 saturated heterocycles. The van der Waals surface area contributed by atoms with Crippen LogP contribution in [0.5, 0.6) is 5.75 Å². The summed E-state index contributed by atoms with van der Waals surface area (Å²) in [5, 5.41) is 3.54. The standard InChI is InChI=1S/C22H23N3O/c1-16-8-12-24-18(13-16)15-26-21-7-4-10-25-22(21)20-14-23-11-9-17-5-2-3-6-19(17)20/h2-8,10,12-13,20,23H,9,11,14-15H2,1H3. The fourth-order valence-electron chi connectivity index (χ4n) is 3.54. The zero-order chi connectivity index (χ0) is 17.8. The van der Waals surface area contributed by atoms with Crippen LogP contribution in [0.2, 0.25) is 0 Å². The van der Waals surface area contributed by atoms with Crippen LogP contribution in [0.4, 0.5) is 0 Å². The number of hydrogen-bond acceptors (Lipinski definition) is 4. The van der Waals surface area contributed by atoms with Crippen molar-refractivity contribution in [2.24, 2.45) is 0 Å². The monoisotopic (exact) mass is 345 g/mol. The number of nitrogens with one attached hydrogen (secondary N) is 1. The first-order valence-corrected chi connectivity index (χ1v) is 9.09. The molecule has 4 rings (SSSR count). The molecule has 4 heteroatoms. The number of aryl methyl sites for hydroxylation is 1. The summed E-state index contributed by atoms with van der Waals surface area (Å²) in [6.07, 6.45) is 4.72. The van der Waals surface area contributed by atoms with E-state index in [9.17, 15) is 0 Å². The molecule has 1 N–H and O–H groups in total. The molecule has 1 atom stereocenters. The Bertz CT molecular complexity index is 894. The average molecular weight is 345 g/mol. The summed E-state index contributed by atoms with van der Waals surface area (Å²) in [6, 6.07) is 16.6. The fourth-order valence-corrected chi connectivity index (χ4v) is 3.54. The Morgan fingerprint density at radius 1 is 1.08 bits per heavy atom. The van der Waals surface area contributed by atoms with Gasteiger partial charge in [-0.1, -0.05) is 24.3 Å². The molecule has 3 aromatic rings. The van der Waals surface area contributed by atoms with Gasteiger partial charge >= 0.3 is 0 Å². The molecule has 26 heavy (non-hydrogen) atoms. The molecular weight excluding hydrogens is 322 g/mol. The Morgan fingerprint density at radius 2 is 2.00 bits per heavy atom. The maximum absolute atomic E-state index is 6.13. The van der Waals surface area contributed by atoms with Crippen molar-refractivity contribution in [3.05, 3.63) is 89.0 Å². The summed E-state index contributed by atoms with van der Waals surface area (Å²) in [4.78, 5) is 9.08. The maximum atomic E-state index is 6.13. The van der Waals surface area contributed by atoms with Crippen molar-refractivity contribution in [2.75, 3.05) is 13.1 Å². The van der Waals surface area contributed by atoms with E-state index in [0.717, 1.165) is 36.6 Å². The van der Waals surface area contributed by atoms with E-state index in [1.165, 1.54) is 16.7 Å². The van der Waals surface area contributed by atoms with Crippen LogP contribution in [-0.2, 0) is 13.0 Å². The summed E-state index contributed by atoms with van der Waals surface area (Å²) in [6.45, 7) is 4.37. The molecule has 3 heterocycles. The number of fused-ring (bicyclic) bond motifs is 1. The predicted octanol–water partition coefficient (Wildman–Crippen LogP) is 3.64. The minimum atomic E-state index is 0.190. The molecule has 4 nitrogen and oxygen atoms in total. The average Bonchev–Trinajstić information content (AvgIpc) is 2.89. The first-order valence-electron chi connectivity index (χ1n) is 9.09. The summed E-state index contributed by atoms with van der Waals surface area (Å²) in [5.74, 6) is 1.02. The number of rotatable bonds is 4. The second kappa shape index (κ2) is 7.67. The van der Waals surface area contributed by atoms with Gasteiger partial charge in [-0.2, -0.15) is 0 Å². The molecule has 1 aliphatic rings. The number of benzene rings is 1. The van der Waals surface area contributed by atoms with Gasteiger partial charge in [-0.05, 0) is 60.8 Å². The highest BCUT2D eigenvalue weighted by molar-refractivity contribution is 5.42. The number of nitrogens with zero attached hydrogens (tertiary/aromatic N) is 2. The molecule has 0 spiro atoms. The Hall–Kier alpha value is -2.72. The molecule has 1 aromatic carbocycles. The highest BCUT2D eigenvalue weighted by Gasteiger charge is 2.24. The van der Waals surface area contributed by atoms with Crippen molar-refractivity contribution < 1.29 is 4.74 Å². The zero-order valence-electron chi connectivity index (χ0n) is 15.0. The van der Waals surface area contributed by atoms with Crippen LogP contribution in [0.1, 0.15) is 34.0 Å². The van der Waals surface area contributed by atoms with Gasteiger partial charge in [-0.15, -0.1) is 0 Å². The third-order valence-electron chi connectivity index (χ3n) is 4.83. The van der Waals surface area contributed by atoms with Crippen molar-refractivity contribution in [3.8, 4) is 5.75 Å². The van der Waals surface area contributed by atoms with Gasteiger partial charge in [-0.25, -0.2) is 0 Å². The van der Waals surface area contributed by atoms with Crippen molar-refractivity contribution in [1.82, 2.24) is 15.3 Å². The molecular formula is C22H23N3O. The van der Waals surface area contributed by atoms with Gasteiger partial charge in [0.1, 0.15) is 12.4 Å². The lowest BCUT2D eigenvalue weighted by Crippen LogP contribution is -2.22. The zero-order valence-corrected chi connectivity index (χ0v) is 15.0. The Morgan fingerprint density at radius 3 is 2.92 bits per heavy atom. The molecule has 0 amide bonds. The van der Waals surface area contributed by atoms with Gasteiger partial charge in [0.15, 0.2) is 0 Å². The number of pyridine rings is 2. The SMILES string of the molecule is Cc1ccnc(COc2cccnc2C2CNCCc3ccccc32)c1. The lowest BCUT2D eigenvalue weighted by Gasteiger charge is -2.20. The van der Waals surface area contributed by atoms with Crippen molar-refractivity contribution in [1.29, 1.82) is 0 Å². The lowest BCUT2D eigenvalue weighted by atomic mass is 9.90. The summed E-state index contributed by atoms with van der Waals surface area (Å²) < 4.78 is 6.13. The van der Waals surface area contributed by atoms with E-state index in [2.05, 4.69) is 52.5 Å². The van der Waals surface area contributed by atoms with E-state index in [1.807, 2.05) is 30.6 Å². The Kier molecular flexibility index (Phi) is 4.93. The number of aromatic nitrogens is 2. The van der Waals surface area contributed by atoms with Crippen LogP contribution in [0.25, 0.3) is 0 Å². The van der Waals surface area contributed by atoms with Crippen LogP contribution in [0.15, 0.2) is 60.9 Å². The lowest BCUT2D eigenvalue weighted by molar-refractivity contribution is 0.295. The normalized spacial score (nSPS) is 16.6. The number of ether oxygens (including phenoxy) is 1. The quantitative estimate of drug-likeness (QED) is 0.784. The molecule has 1 aliphatic heterocycles. The van der Waals surface area contributed by atoms with E-state index in [1.54, 1.807) is 0 Å². The number of hydrogen-bond donors (Lipinski definition) is 1. The van der Waals surface area contributed by atoms with E-state index < -0.39 is 0 Å². The Labute approximate surface area is 154 Å². The molecule has 0 bridgehead atoms. The molecule has 2 aromatic heterocycles. The molecule has 132 valence electrons. The van der Waals surface area contributed by atoms with E-state index in [-0.39, 0.29) is 5.92 Å². The van der Waals surface area contributed by atoms with Gasteiger partial charge in [-0.3, -0.25) is 9.97 Å². The predicted molar refractivity (Wildman–Crippen MR) is 102 cm³/mol.